The predicted octanol–water partition coefficient (Wildman–Crippen LogP) is 6.72. The van der Waals surface area contributed by atoms with E-state index < -0.39 is 35.7 Å². The Morgan fingerprint density at radius 3 is 2.14 bits per heavy atom. The molecule has 1 unspecified atom stereocenters. The number of hydrogen-bond acceptors (Lipinski definition) is 6. The minimum Gasteiger partial charge on any atom is -0.383 e. The first-order valence-corrected chi connectivity index (χ1v) is 17.3. The van der Waals surface area contributed by atoms with Gasteiger partial charge in [0.2, 0.25) is 5.95 Å². The highest BCUT2D eigenvalue weighted by molar-refractivity contribution is 7.95. The zero-order valence-electron chi connectivity index (χ0n) is 23.1. The molecule has 2 aromatic rings. The highest BCUT2D eigenvalue weighted by Crippen LogP contribution is 2.37. The third kappa shape index (κ3) is 6.77. The van der Waals surface area contributed by atoms with Crippen LogP contribution in [0.25, 0.3) is 0 Å². The van der Waals surface area contributed by atoms with Gasteiger partial charge in [-0.15, -0.1) is 15.7 Å². The van der Waals surface area contributed by atoms with Gasteiger partial charge in [0.1, 0.15) is 23.1 Å². The van der Waals surface area contributed by atoms with Crippen molar-refractivity contribution in [3.05, 3.63) is 34.5 Å². The molecule has 0 aromatic carbocycles. The molecule has 12 heteroatoms. The highest BCUT2D eigenvalue weighted by atomic mass is 32.2. The zero-order chi connectivity index (χ0) is 27.9. The number of nitrogens with zero attached hydrogens (tertiary/aromatic N) is 3. The van der Waals surface area contributed by atoms with Gasteiger partial charge in [-0.3, -0.25) is 0 Å². The minimum atomic E-state index is -3.48. The molecule has 202 valence electrons. The molecule has 0 bridgehead atoms. The molecule has 0 aliphatic heterocycles. The van der Waals surface area contributed by atoms with Crippen LogP contribution in [0.1, 0.15) is 90.3 Å². The average molecular weight is 558 g/mol. The van der Waals surface area contributed by atoms with Gasteiger partial charge in [0.25, 0.3) is 0 Å². The van der Waals surface area contributed by atoms with Crippen molar-refractivity contribution in [3.8, 4) is 0 Å². The molecular weight excluding hydrogens is 518 g/mol. The van der Waals surface area contributed by atoms with E-state index in [2.05, 4.69) is 24.0 Å². The first-order valence-electron chi connectivity index (χ1n) is 11.9. The number of nitrogens with one attached hydrogen (secondary N) is 2. The molecule has 8 nitrogen and oxygen atoms in total. The van der Waals surface area contributed by atoms with E-state index >= 15 is 0 Å². The van der Waals surface area contributed by atoms with Crippen molar-refractivity contribution < 1.29 is 18.5 Å². The lowest BCUT2D eigenvalue weighted by atomic mass is 9.95. The van der Waals surface area contributed by atoms with Gasteiger partial charge in [0, 0.05) is 11.8 Å². The van der Waals surface area contributed by atoms with Crippen LogP contribution in [0.3, 0.4) is 0 Å². The minimum absolute atomic E-state index is 0.0450. The number of aliphatic hydroxyl groups is 1. The van der Waals surface area contributed by atoms with Gasteiger partial charge >= 0.3 is 6.03 Å². The normalized spacial score (nSPS) is 14.8. The van der Waals surface area contributed by atoms with Crippen LogP contribution in [0, 0.1) is 5.95 Å². The van der Waals surface area contributed by atoms with Gasteiger partial charge in [0.15, 0.2) is 9.92 Å². The number of urea groups is 1. The third-order valence-corrected chi connectivity index (χ3v) is 16.3. The molecule has 0 fully saturated rings. The van der Waals surface area contributed by atoms with Crippen molar-refractivity contribution in [1.82, 2.24) is 14.4 Å². The summed E-state index contributed by atoms with van der Waals surface area (Å²) in [4.78, 5) is 21.4. The van der Waals surface area contributed by atoms with Crippen molar-refractivity contribution in [2.45, 2.75) is 102 Å². The average Bonchev–Trinajstić information content (AvgIpc) is 3.17. The number of amides is 2. The first-order chi connectivity index (χ1) is 16.2. The molecule has 3 N–H and O–H groups in total. The van der Waals surface area contributed by atoms with E-state index in [4.69, 9.17) is 0 Å². The number of pyridine rings is 1. The fraction of sp³-hybridized carbons (Fsp3) is 0.625. The maximum atomic E-state index is 14.7. The van der Waals surface area contributed by atoms with Crippen LogP contribution in [0.5, 0.6) is 0 Å². The Hall–Kier alpha value is -1.73. The second-order valence-electron chi connectivity index (χ2n) is 11.7. The standard InChI is InChI=1S/C24H40FN5O3S2Si/c1-14(2)16-12-26-20(25)18(15(3)4)19(16)28-22(31)29-35(33,30-36(10,11)23(5,6)7)17-13-27-21(34-17)24(8,9)32/h12-15,32H,1-11H3,(H2,26,28,29,30,31,33). The summed E-state index contributed by atoms with van der Waals surface area (Å²) in [5, 5.41) is 13.3. The number of carbonyl (C=O) groups excluding carboxylic acids is 1. The van der Waals surface area contributed by atoms with Gasteiger partial charge < -0.3 is 10.4 Å². The van der Waals surface area contributed by atoms with Crippen molar-refractivity contribution in [2.75, 3.05) is 5.32 Å². The maximum Gasteiger partial charge on any atom is 0.354 e. The molecule has 2 rings (SSSR count). The Morgan fingerprint density at radius 2 is 1.69 bits per heavy atom. The van der Waals surface area contributed by atoms with Crippen LogP contribution < -0.4 is 9.70 Å². The van der Waals surface area contributed by atoms with E-state index in [9.17, 15) is 18.5 Å². The lowest BCUT2D eigenvalue weighted by Gasteiger charge is -2.37. The van der Waals surface area contributed by atoms with Gasteiger partial charge in [0.05, 0.1) is 11.9 Å². The molecule has 36 heavy (non-hydrogen) atoms. The molecule has 2 heterocycles. The van der Waals surface area contributed by atoms with Gasteiger partial charge in [-0.05, 0) is 36.3 Å². The van der Waals surface area contributed by atoms with E-state index in [1.165, 1.54) is 12.4 Å². The molecule has 0 saturated carbocycles. The number of aromatic nitrogens is 2. The second-order valence-corrected chi connectivity index (χ2v) is 20.2. The Balaban J connectivity index is 2.69. The van der Waals surface area contributed by atoms with E-state index in [1.807, 2.05) is 61.6 Å². The van der Waals surface area contributed by atoms with Crippen LogP contribution in [-0.4, -0.2) is 33.5 Å². The first kappa shape index (κ1) is 30.5. The molecule has 0 spiro atoms. The SMILES string of the molecule is CC(C)c1cnc(F)c(C(C)C)c1NC(=O)N=S(=O)(N[Si](C)(C)C(C)(C)C)c1cnc(C(C)(C)O)s1. The second kappa shape index (κ2) is 10.6. The van der Waals surface area contributed by atoms with E-state index in [0.717, 1.165) is 11.3 Å². The Kier molecular flexibility index (Phi) is 8.95. The number of hydrogen-bond donors (Lipinski definition) is 3. The number of thiazole rings is 1. The number of carbonyl (C=O) groups is 1. The molecule has 2 aromatic heterocycles. The Bertz CT molecular complexity index is 1240. The fourth-order valence-corrected chi connectivity index (χ4v) is 10.1. The van der Waals surface area contributed by atoms with Gasteiger partial charge in [-0.1, -0.05) is 61.6 Å². The zero-order valence-corrected chi connectivity index (χ0v) is 25.7. The van der Waals surface area contributed by atoms with Crippen LogP contribution in [0.15, 0.2) is 21.0 Å². The largest absolute Gasteiger partial charge is 0.383 e. The van der Waals surface area contributed by atoms with E-state index in [1.54, 1.807) is 13.8 Å². The smallest absolute Gasteiger partial charge is 0.354 e. The van der Waals surface area contributed by atoms with Gasteiger partial charge in [-0.25, -0.2) is 23.4 Å². The molecule has 0 saturated heterocycles. The van der Waals surface area contributed by atoms with E-state index in [0.29, 0.717) is 16.3 Å². The van der Waals surface area contributed by atoms with Crippen LogP contribution in [0.2, 0.25) is 18.1 Å². The summed E-state index contributed by atoms with van der Waals surface area (Å²) in [6.07, 6.45) is 2.80. The van der Waals surface area contributed by atoms with Crippen LogP contribution >= 0.6 is 11.3 Å². The van der Waals surface area contributed by atoms with Crippen molar-refractivity contribution in [1.29, 1.82) is 0 Å². The van der Waals surface area contributed by atoms with Crippen LogP contribution in [0.4, 0.5) is 14.9 Å². The van der Waals surface area contributed by atoms with Crippen molar-refractivity contribution in [2.24, 2.45) is 4.36 Å². The predicted molar refractivity (Wildman–Crippen MR) is 148 cm³/mol. The summed E-state index contributed by atoms with van der Waals surface area (Å²) in [6.45, 7) is 20.8. The lowest BCUT2D eigenvalue weighted by Crippen LogP contribution is -2.54. The molecule has 0 aliphatic carbocycles. The lowest BCUT2D eigenvalue weighted by molar-refractivity contribution is 0.0783. The number of anilines is 1. The number of rotatable bonds is 7. The molecular formula is C24H40FN5O3S2Si. The summed E-state index contributed by atoms with van der Waals surface area (Å²) in [5.74, 6) is -0.962. The third-order valence-electron chi connectivity index (χ3n) is 6.29. The summed E-state index contributed by atoms with van der Waals surface area (Å²) in [7, 11) is -5.92. The summed E-state index contributed by atoms with van der Waals surface area (Å²) in [5.41, 5.74) is -0.00259. The Morgan fingerprint density at radius 1 is 1.11 bits per heavy atom. The molecule has 0 radical (unpaired) electrons. The van der Waals surface area contributed by atoms with E-state index in [-0.39, 0.29) is 26.6 Å². The molecule has 0 aliphatic rings. The maximum absolute atomic E-state index is 14.7. The number of halogens is 1. The monoisotopic (exact) mass is 557 g/mol. The quantitative estimate of drug-likeness (QED) is 0.258. The highest BCUT2D eigenvalue weighted by Gasteiger charge is 2.40. The van der Waals surface area contributed by atoms with Crippen molar-refractivity contribution in [3.63, 3.8) is 0 Å². The summed E-state index contributed by atoms with van der Waals surface area (Å²) >= 11 is 1.04. The summed E-state index contributed by atoms with van der Waals surface area (Å²) < 4.78 is 36.7. The Labute approximate surface area is 220 Å². The fourth-order valence-electron chi connectivity index (χ4n) is 3.16. The summed E-state index contributed by atoms with van der Waals surface area (Å²) in [6, 6.07) is -0.862. The van der Waals surface area contributed by atoms with Crippen LogP contribution in [-0.2, 0) is 15.5 Å². The molecule has 2 amide bonds. The molecule has 1 atom stereocenters. The van der Waals surface area contributed by atoms with Gasteiger partial charge in [-0.2, -0.15) is 4.39 Å². The van der Waals surface area contributed by atoms with Crippen molar-refractivity contribution >= 4 is 41.2 Å². The topological polar surface area (TPSA) is 117 Å².